The van der Waals surface area contributed by atoms with Gasteiger partial charge in [0.25, 0.3) is 0 Å². The lowest BCUT2D eigenvalue weighted by atomic mass is 10.2. The Bertz CT molecular complexity index is 1180. The Hall–Kier alpha value is -4.48. The van der Waals surface area contributed by atoms with Crippen molar-refractivity contribution in [3.63, 3.8) is 0 Å². The van der Waals surface area contributed by atoms with Crippen LogP contribution in [0, 0.1) is 34.1 Å². The van der Waals surface area contributed by atoms with Crippen LogP contribution in [-0.2, 0) is 14.1 Å². The van der Waals surface area contributed by atoms with Crippen LogP contribution in [0.15, 0.2) is 36.7 Å². The van der Waals surface area contributed by atoms with E-state index < -0.39 is 9.85 Å². The second-order valence-electron chi connectivity index (χ2n) is 7.14. The van der Waals surface area contributed by atoms with E-state index in [0.717, 1.165) is 0 Å². The molecule has 0 amide bonds. The molecule has 0 saturated heterocycles. The molecule has 172 valence electrons. The number of ether oxygens (including phenoxy) is 1. The first kappa shape index (κ1) is 23.2. The number of hydrogen-bond donors (Lipinski definition) is 0. The quantitative estimate of drug-likeness (QED) is 0.372. The molecule has 12 nitrogen and oxygen atoms in total. The zero-order valence-electron chi connectivity index (χ0n) is 18.8. The summed E-state index contributed by atoms with van der Waals surface area (Å²) in [4.78, 5) is 23.7. The third kappa shape index (κ3) is 4.74. The number of anilines is 1. The van der Waals surface area contributed by atoms with E-state index in [0.29, 0.717) is 34.2 Å². The topological polar surface area (TPSA) is 134 Å². The van der Waals surface area contributed by atoms with Crippen molar-refractivity contribution in [3.05, 3.63) is 79.7 Å². The Kier molecular flexibility index (Phi) is 6.56. The lowest BCUT2D eigenvalue weighted by Gasteiger charge is -2.16. The number of benzene rings is 1. The largest absolute Gasteiger partial charge is 0.497 e. The molecule has 0 aliphatic rings. The predicted molar refractivity (Wildman–Crippen MR) is 123 cm³/mol. The molecule has 0 atom stereocenters. The summed E-state index contributed by atoms with van der Waals surface area (Å²) in [7, 11) is 4.80. The van der Waals surface area contributed by atoms with Crippen molar-refractivity contribution in [2.24, 2.45) is 14.1 Å². The van der Waals surface area contributed by atoms with E-state index in [9.17, 15) is 20.2 Å². The van der Waals surface area contributed by atoms with E-state index in [1.54, 1.807) is 88.8 Å². The summed E-state index contributed by atoms with van der Waals surface area (Å²) >= 11 is 0. The van der Waals surface area contributed by atoms with Crippen LogP contribution in [0.3, 0.4) is 0 Å². The number of aryl methyl sites for hydroxylation is 4. The highest BCUT2D eigenvalue weighted by Gasteiger charge is 2.23. The van der Waals surface area contributed by atoms with Crippen LogP contribution in [0.5, 0.6) is 5.75 Å². The van der Waals surface area contributed by atoms with Crippen LogP contribution in [0.4, 0.5) is 17.1 Å². The van der Waals surface area contributed by atoms with E-state index in [4.69, 9.17) is 4.74 Å². The Labute approximate surface area is 189 Å². The van der Waals surface area contributed by atoms with Gasteiger partial charge in [0.2, 0.25) is 0 Å². The first-order chi connectivity index (χ1) is 15.6. The van der Waals surface area contributed by atoms with Gasteiger partial charge in [0.1, 0.15) is 28.5 Å². The van der Waals surface area contributed by atoms with Crippen LogP contribution in [0.2, 0.25) is 0 Å². The predicted octanol–water partition coefficient (Wildman–Crippen LogP) is 3.74. The molecule has 0 bridgehead atoms. The number of methoxy groups -OCH3 is 1. The molecule has 0 aliphatic heterocycles. The third-order valence-corrected chi connectivity index (χ3v) is 4.99. The lowest BCUT2D eigenvalue weighted by Crippen LogP contribution is -2.08. The van der Waals surface area contributed by atoms with Gasteiger partial charge >= 0.3 is 11.4 Å². The minimum Gasteiger partial charge on any atom is -0.497 e. The summed E-state index contributed by atoms with van der Waals surface area (Å²) < 4.78 is 8.05. The fourth-order valence-corrected chi connectivity index (χ4v) is 3.43. The molecule has 2 heterocycles. The highest BCUT2D eigenvalue weighted by molar-refractivity contribution is 5.68. The minimum atomic E-state index is -0.475. The van der Waals surface area contributed by atoms with E-state index in [-0.39, 0.29) is 11.4 Å². The number of hydrogen-bond acceptors (Lipinski definition) is 8. The van der Waals surface area contributed by atoms with Gasteiger partial charge in [0, 0.05) is 32.2 Å². The summed E-state index contributed by atoms with van der Waals surface area (Å²) in [6, 6.07) is 7.10. The highest BCUT2D eigenvalue weighted by Crippen LogP contribution is 2.27. The Morgan fingerprint density at radius 1 is 0.879 bits per heavy atom. The first-order valence-electron chi connectivity index (χ1n) is 9.78. The van der Waals surface area contributed by atoms with Crippen LogP contribution < -0.4 is 9.64 Å². The van der Waals surface area contributed by atoms with Crippen molar-refractivity contribution in [3.8, 4) is 5.75 Å². The molecule has 33 heavy (non-hydrogen) atoms. The molecule has 3 aromatic rings. The molecule has 2 aromatic heterocycles. The molecule has 0 N–H and O–H groups in total. The molecule has 12 heteroatoms. The third-order valence-electron chi connectivity index (χ3n) is 4.99. The van der Waals surface area contributed by atoms with E-state index >= 15 is 0 Å². The second-order valence-corrected chi connectivity index (χ2v) is 7.14. The lowest BCUT2D eigenvalue weighted by molar-refractivity contribution is -0.385. The summed E-state index contributed by atoms with van der Waals surface area (Å²) in [5, 5.41) is 31.2. The van der Waals surface area contributed by atoms with Crippen LogP contribution >= 0.6 is 0 Å². The van der Waals surface area contributed by atoms with Gasteiger partial charge in [0.05, 0.1) is 17.0 Å². The van der Waals surface area contributed by atoms with Gasteiger partial charge in [-0.1, -0.05) is 0 Å². The fourth-order valence-electron chi connectivity index (χ4n) is 3.43. The van der Waals surface area contributed by atoms with E-state index in [2.05, 4.69) is 10.2 Å². The molecule has 0 unspecified atom stereocenters. The SMILES string of the molecule is COc1ccc(N(/C=C/c2c([N+](=O)[O-])c(C)nn2C)/C=C/c2c([N+](=O)[O-])c(C)nn2C)cc1. The zero-order valence-corrected chi connectivity index (χ0v) is 18.8. The zero-order chi connectivity index (χ0) is 24.3. The fraction of sp³-hybridized carbons (Fsp3) is 0.238. The molecule has 3 rings (SSSR count). The van der Waals surface area contributed by atoms with Crippen molar-refractivity contribution in [1.82, 2.24) is 19.6 Å². The van der Waals surface area contributed by atoms with Crippen molar-refractivity contribution >= 4 is 29.2 Å². The van der Waals surface area contributed by atoms with Crippen LogP contribution in [-0.4, -0.2) is 36.5 Å². The monoisotopic (exact) mass is 453 g/mol. The normalized spacial score (nSPS) is 11.4. The van der Waals surface area contributed by atoms with Crippen LogP contribution in [0.1, 0.15) is 22.8 Å². The molecule has 0 saturated carbocycles. The Morgan fingerprint density at radius 3 is 1.67 bits per heavy atom. The summed E-state index contributed by atoms with van der Waals surface area (Å²) in [5.74, 6) is 0.655. The van der Waals surface area contributed by atoms with Gasteiger partial charge in [-0.05, 0) is 50.3 Å². The smallest absolute Gasteiger partial charge is 0.317 e. The van der Waals surface area contributed by atoms with Crippen molar-refractivity contribution < 1.29 is 14.6 Å². The standard InChI is InChI=1S/C21H23N7O5/c1-14-20(27(29)30)18(24(3)22-14)10-12-26(16-6-8-17(33-5)9-7-16)13-11-19-21(28(31)32)15(2)23-25(19)4/h6-13H,1-5H3/b12-10+,13-11+. The molecule has 0 spiro atoms. The second kappa shape index (κ2) is 9.34. The molecular formula is C21H23N7O5. The number of rotatable bonds is 8. The van der Waals surface area contributed by atoms with Crippen LogP contribution in [0.25, 0.3) is 12.2 Å². The van der Waals surface area contributed by atoms with E-state index in [1.165, 1.54) is 9.36 Å². The Morgan fingerprint density at radius 2 is 1.30 bits per heavy atom. The maximum atomic E-state index is 11.5. The molecular weight excluding hydrogens is 430 g/mol. The molecule has 1 aromatic carbocycles. The van der Waals surface area contributed by atoms with Gasteiger partial charge in [0.15, 0.2) is 0 Å². The maximum Gasteiger partial charge on any atom is 0.317 e. The maximum absolute atomic E-state index is 11.5. The van der Waals surface area contributed by atoms with E-state index in [1.807, 2.05) is 0 Å². The van der Waals surface area contributed by atoms with Gasteiger partial charge in [-0.3, -0.25) is 29.6 Å². The number of nitrogens with zero attached hydrogens (tertiary/aromatic N) is 7. The number of nitro groups is 2. The van der Waals surface area contributed by atoms with Crippen molar-refractivity contribution in [2.45, 2.75) is 13.8 Å². The van der Waals surface area contributed by atoms with Gasteiger partial charge in [-0.15, -0.1) is 0 Å². The summed E-state index contributed by atoms with van der Waals surface area (Å²) in [6.07, 6.45) is 6.37. The Balaban J connectivity index is 2.07. The van der Waals surface area contributed by atoms with Gasteiger partial charge in [-0.2, -0.15) is 10.2 Å². The van der Waals surface area contributed by atoms with Gasteiger partial charge < -0.3 is 9.64 Å². The molecule has 0 radical (unpaired) electrons. The highest BCUT2D eigenvalue weighted by atomic mass is 16.6. The van der Waals surface area contributed by atoms with Crippen molar-refractivity contribution in [2.75, 3.05) is 12.0 Å². The summed E-state index contributed by atoms with van der Waals surface area (Å²) in [6.45, 7) is 3.14. The van der Waals surface area contributed by atoms with Crippen molar-refractivity contribution in [1.29, 1.82) is 0 Å². The average Bonchev–Trinajstić information content (AvgIpc) is 3.21. The molecule has 0 aliphatic carbocycles. The van der Waals surface area contributed by atoms with Gasteiger partial charge in [-0.25, -0.2) is 0 Å². The number of aromatic nitrogens is 4. The minimum absolute atomic E-state index is 0.0923. The average molecular weight is 453 g/mol. The molecule has 0 fully saturated rings. The first-order valence-corrected chi connectivity index (χ1v) is 9.78. The summed E-state index contributed by atoms with van der Waals surface area (Å²) in [5.41, 5.74) is 1.74.